The number of halogens is 2. The zero-order valence-corrected chi connectivity index (χ0v) is 26.5. The first kappa shape index (κ1) is 33.2. The first-order valence-corrected chi connectivity index (χ1v) is 16.6. The largest absolute Gasteiger partial charge is 0.352 e. The highest BCUT2D eigenvalue weighted by molar-refractivity contribution is 7.92. The highest BCUT2D eigenvalue weighted by atomic mass is 35.5. The monoisotopic (exact) mass is 660 g/mol. The van der Waals surface area contributed by atoms with Crippen LogP contribution in [-0.2, 0) is 26.2 Å². The van der Waals surface area contributed by atoms with E-state index in [1.54, 1.807) is 43.3 Å². The number of nitrogens with one attached hydrogen (secondary N) is 1. The van der Waals surface area contributed by atoms with Crippen molar-refractivity contribution in [2.75, 3.05) is 10.8 Å². The van der Waals surface area contributed by atoms with Crippen molar-refractivity contribution >= 4 is 56.4 Å². The lowest BCUT2D eigenvalue weighted by Gasteiger charge is -2.34. The average Bonchev–Trinajstić information content (AvgIpc) is 3.02. The molecule has 1 fully saturated rings. The summed E-state index contributed by atoms with van der Waals surface area (Å²) in [5, 5.41) is 15.0. The maximum absolute atomic E-state index is 14.2. The summed E-state index contributed by atoms with van der Waals surface area (Å²) in [6, 6.07) is 16.5. The first-order chi connectivity index (χ1) is 21.0. The predicted molar refractivity (Wildman–Crippen MR) is 170 cm³/mol. The SMILES string of the molecule is CC[C@@H](C(=O)NC1CCCCC1)N(Cc1ccc(Cl)c(Cl)c1)C(=O)CN(c1ccc([N+](=O)[O-])cc1)S(=O)(=O)c1ccccc1. The number of sulfonamides is 1. The summed E-state index contributed by atoms with van der Waals surface area (Å²) in [7, 11) is -4.30. The number of hydrogen-bond acceptors (Lipinski definition) is 6. The fourth-order valence-corrected chi connectivity index (χ4v) is 7.04. The third-order valence-electron chi connectivity index (χ3n) is 7.63. The molecule has 0 saturated heterocycles. The summed E-state index contributed by atoms with van der Waals surface area (Å²) in [5.74, 6) is -0.958. The van der Waals surface area contributed by atoms with Gasteiger partial charge < -0.3 is 10.2 Å². The van der Waals surface area contributed by atoms with Crippen LogP contribution in [0, 0.1) is 10.1 Å². The Labute approximate surface area is 267 Å². The summed E-state index contributed by atoms with van der Waals surface area (Å²) in [5.41, 5.74) is 0.426. The molecule has 1 aliphatic carbocycles. The molecule has 1 N–H and O–H groups in total. The zero-order chi connectivity index (χ0) is 31.9. The molecule has 13 heteroatoms. The molecule has 3 aromatic rings. The van der Waals surface area contributed by atoms with Crippen LogP contribution in [0.15, 0.2) is 77.7 Å². The predicted octanol–water partition coefficient (Wildman–Crippen LogP) is 6.35. The number of carbonyl (C=O) groups excluding carboxylic acids is 2. The van der Waals surface area contributed by atoms with Gasteiger partial charge in [-0.05, 0) is 61.2 Å². The van der Waals surface area contributed by atoms with Gasteiger partial charge in [-0.25, -0.2) is 8.42 Å². The van der Waals surface area contributed by atoms with Crippen molar-refractivity contribution in [1.82, 2.24) is 10.2 Å². The van der Waals surface area contributed by atoms with Gasteiger partial charge in [-0.15, -0.1) is 0 Å². The number of non-ortho nitro benzene ring substituents is 1. The smallest absolute Gasteiger partial charge is 0.269 e. The van der Waals surface area contributed by atoms with Crippen LogP contribution in [0.25, 0.3) is 0 Å². The third kappa shape index (κ3) is 8.08. The van der Waals surface area contributed by atoms with E-state index in [0.717, 1.165) is 36.4 Å². The van der Waals surface area contributed by atoms with E-state index in [1.165, 1.54) is 41.3 Å². The van der Waals surface area contributed by atoms with E-state index in [0.29, 0.717) is 10.6 Å². The van der Waals surface area contributed by atoms with Gasteiger partial charge in [0, 0.05) is 24.7 Å². The van der Waals surface area contributed by atoms with Gasteiger partial charge in [0.05, 0.1) is 25.6 Å². The van der Waals surface area contributed by atoms with Crippen LogP contribution < -0.4 is 9.62 Å². The molecule has 1 atom stereocenters. The highest BCUT2D eigenvalue weighted by Crippen LogP contribution is 2.28. The fraction of sp³-hybridized carbons (Fsp3) is 0.355. The number of benzene rings is 3. The Morgan fingerprint density at radius 1 is 0.977 bits per heavy atom. The van der Waals surface area contributed by atoms with Crippen LogP contribution in [0.2, 0.25) is 10.0 Å². The second-order valence-electron chi connectivity index (χ2n) is 10.6. The van der Waals surface area contributed by atoms with Gasteiger partial charge in [-0.1, -0.05) is 73.7 Å². The molecule has 0 aliphatic heterocycles. The number of hydrogen-bond donors (Lipinski definition) is 1. The second kappa shape index (κ2) is 14.9. The summed E-state index contributed by atoms with van der Waals surface area (Å²) in [4.78, 5) is 39.8. The number of nitro groups is 1. The average molecular weight is 662 g/mol. The Kier molecular flexibility index (Phi) is 11.2. The lowest BCUT2D eigenvalue weighted by molar-refractivity contribution is -0.384. The van der Waals surface area contributed by atoms with E-state index in [4.69, 9.17) is 23.2 Å². The summed E-state index contributed by atoms with van der Waals surface area (Å²) in [6.45, 7) is 1.09. The molecule has 0 bridgehead atoms. The van der Waals surface area contributed by atoms with Gasteiger partial charge in [0.15, 0.2) is 0 Å². The molecule has 0 spiro atoms. The Morgan fingerprint density at radius 3 is 2.23 bits per heavy atom. The van der Waals surface area contributed by atoms with Crippen molar-refractivity contribution in [2.45, 2.75) is 69.0 Å². The number of carbonyl (C=O) groups is 2. The van der Waals surface area contributed by atoms with Crippen LogP contribution in [0.4, 0.5) is 11.4 Å². The Balaban J connectivity index is 1.72. The molecular formula is C31H34Cl2N4O6S. The van der Waals surface area contributed by atoms with Gasteiger partial charge in [-0.3, -0.25) is 24.0 Å². The number of rotatable bonds is 12. The van der Waals surface area contributed by atoms with Crippen LogP contribution >= 0.6 is 23.2 Å². The summed E-state index contributed by atoms with van der Waals surface area (Å²) >= 11 is 12.4. The molecule has 44 heavy (non-hydrogen) atoms. The molecule has 0 heterocycles. The first-order valence-electron chi connectivity index (χ1n) is 14.4. The zero-order valence-electron chi connectivity index (χ0n) is 24.2. The maximum Gasteiger partial charge on any atom is 0.269 e. The molecule has 10 nitrogen and oxygen atoms in total. The van der Waals surface area contributed by atoms with Gasteiger partial charge in [0.25, 0.3) is 15.7 Å². The Morgan fingerprint density at radius 2 is 1.64 bits per heavy atom. The molecule has 3 aromatic carbocycles. The summed E-state index contributed by atoms with van der Waals surface area (Å²) < 4.78 is 28.7. The molecule has 1 saturated carbocycles. The molecule has 234 valence electrons. The Bertz CT molecular complexity index is 1580. The third-order valence-corrected chi connectivity index (χ3v) is 10.2. The molecule has 1 aliphatic rings. The van der Waals surface area contributed by atoms with Gasteiger partial charge >= 0.3 is 0 Å². The van der Waals surface area contributed by atoms with Crippen LogP contribution in [-0.4, -0.2) is 48.7 Å². The number of anilines is 1. The maximum atomic E-state index is 14.2. The van der Waals surface area contributed by atoms with E-state index >= 15 is 0 Å². The highest BCUT2D eigenvalue weighted by Gasteiger charge is 2.34. The van der Waals surface area contributed by atoms with Crippen molar-refractivity contribution in [2.24, 2.45) is 0 Å². The molecule has 0 aromatic heterocycles. The van der Waals surface area contributed by atoms with Crippen molar-refractivity contribution in [3.05, 3.63) is 98.5 Å². The number of nitro benzene ring substituents is 1. The van der Waals surface area contributed by atoms with E-state index < -0.39 is 33.4 Å². The van der Waals surface area contributed by atoms with Crippen molar-refractivity contribution in [1.29, 1.82) is 0 Å². The minimum Gasteiger partial charge on any atom is -0.352 e. The number of amides is 2. The molecular weight excluding hydrogens is 627 g/mol. The van der Waals surface area contributed by atoms with Crippen LogP contribution in [0.1, 0.15) is 51.0 Å². The normalized spacial score (nSPS) is 14.4. The fourth-order valence-electron chi connectivity index (χ4n) is 5.29. The standard InChI is InChI=1S/C31H34Cl2N4O6S/c1-2-29(31(39)34-23-9-5-3-6-10-23)35(20-22-13-18-27(32)28(33)19-22)30(38)21-36(24-14-16-25(17-15-24)37(40)41)44(42,43)26-11-7-4-8-12-26/h4,7-8,11-19,23,29H,2-3,5-6,9-10,20-21H2,1H3,(H,34,39)/t29-/m0/s1. The van der Waals surface area contributed by atoms with Crippen molar-refractivity contribution in [3.8, 4) is 0 Å². The van der Waals surface area contributed by atoms with Crippen LogP contribution in [0.3, 0.4) is 0 Å². The van der Waals surface area contributed by atoms with E-state index in [1.807, 2.05) is 0 Å². The van der Waals surface area contributed by atoms with Gasteiger partial charge in [0.2, 0.25) is 11.8 Å². The van der Waals surface area contributed by atoms with E-state index in [9.17, 15) is 28.1 Å². The van der Waals surface area contributed by atoms with Gasteiger partial charge in [-0.2, -0.15) is 0 Å². The molecule has 4 rings (SSSR count). The molecule has 0 radical (unpaired) electrons. The molecule has 0 unspecified atom stereocenters. The van der Waals surface area contributed by atoms with E-state index in [-0.39, 0.29) is 46.2 Å². The van der Waals surface area contributed by atoms with Crippen molar-refractivity contribution in [3.63, 3.8) is 0 Å². The lowest BCUT2D eigenvalue weighted by atomic mass is 9.95. The quantitative estimate of drug-likeness (QED) is 0.178. The number of nitrogens with zero attached hydrogens (tertiary/aromatic N) is 3. The van der Waals surface area contributed by atoms with Crippen molar-refractivity contribution < 1.29 is 22.9 Å². The topological polar surface area (TPSA) is 130 Å². The summed E-state index contributed by atoms with van der Waals surface area (Å²) in [6.07, 6.45) is 5.11. The van der Waals surface area contributed by atoms with Gasteiger partial charge in [0.1, 0.15) is 12.6 Å². The minimum absolute atomic E-state index is 0.00212. The second-order valence-corrected chi connectivity index (χ2v) is 13.3. The Hall–Kier alpha value is -3.67. The molecule has 2 amide bonds. The minimum atomic E-state index is -4.30. The van der Waals surface area contributed by atoms with E-state index in [2.05, 4.69) is 5.32 Å². The lowest BCUT2D eigenvalue weighted by Crippen LogP contribution is -2.54. The van der Waals surface area contributed by atoms with Crippen LogP contribution in [0.5, 0.6) is 0 Å².